The molecule has 0 heterocycles. The molecular weight excluding hydrogens is 154 g/mol. The van der Waals surface area contributed by atoms with Crippen molar-refractivity contribution < 1.29 is 9.47 Å². The van der Waals surface area contributed by atoms with E-state index in [2.05, 4.69) is 11.4 Å². The van der Waals surface area contributed by atoms with Gasteiger partial charge in [-0.05, 0) is 14.0 Å². The SMILES string of the molecule is C/C=C(/CNC)CC(OC)OC. The van der Waals surface area contributed by atoms with Crippen molar-refractivity contribution in [3.63, 3.8) is 0 Å². The van der Waals surface area contributed by atoms with Crippen LogP contribution in [0.2, 0.25) is 0 Å². The lowest BCUT2D eigenvalue weighted by Crippen LogP contribution is -2.18. The highest BCUT2D eigenvalue weighted by Crippen LogP contribution is 2.07. The molecule has 0 rings (SSSR count). The van der Waals surface area contributed by atoms with E-state index in [1.54, 1.807) is 14.2 Å². The van der Waals surface area contributed by atoms with Crippen LogP contribution in [0.4, 0.5) is 0 Å². The van der Waals surface area contributed by atoms with Gasteiger partial charge in [-0.1, -0.05) is 11.6 Å². The summed E-state index contributed by atoms with van der Waals surface area (Å²) in [7, 11) is 5.24. The molecule has 3 nitrogen and oxygen atoms in total. The lowest BCUT2D eigenvalue weighted by atomic mass is 10.2. The fraction of sp³-hybridized carbons (Fsp3) is 0.778. The van der Waals surface area contributed by atoms with E-state index in [0.717, 1.165) is 13.0 Å². The van der Waals surface area contributed by atoms with Gasteiger partial charge in [0.25, 0.3) is 0 Å². The maximum absolute atomic E-state index is 5.09. The average Bonchev–Trinajstić information content (AvgIpc) is 2.12. The van der Waals surface area contributed by atoms with Gasteiger partial charge in [-0.25, -0.2) is 0 Å². The molecule has 0 aromatic carbocycles. The molecule has 1 N–H and O–H groups in total. The molecule has 0 aromatic heterocycles. The van der Waals surface area contributed by atoms with Crippen molar-refractivity contribution in [2.24, 2.45) is 0 Å². The summed E-state index contributed by atoms with van der Waals surface area (Å²) in [6.07, 6.45) is 2.79. The molecule has 3 heteroatoms. The first-order valence-electron chi connectivity index (χ1n) is 4.12. The smallest absolute Gasteiger partial charge is 0.160 e. The van der Waals surface area contributed by atoms with E-state index in [0.29, 0.717) is 0 Å². The maximum atomic E-state index is 5.09. The summed E-state index contributed by atoms with van der Waals surface area (Å²) in [6, 6.07) is 0. The topological polar surface area (TPSA) is 30.5 Å². The van der Waals surface area contributed by atoms with Crippen molar-refractivity contribution in [3.8, 4) is 0 Å². The Labute approximate surface area is 74.7 Å². The first-order valence-corrected chi connectivity index (χ1v) is 4.12. The van der Waals surface area contributed by atoms with Gasteiger partial charge in [-0.15, -0.1) is 0 Å². The van der Waals surface area contributed by atoms with Gasteiger partial charge in [0.1, 0.15) is 0 Å². The second-order valence-electron chi connectivity index (χ2n) is 2.58. The van der Waals surface area contributed by atoms with E-state index < -0.39 is 0 Å². The molecule has 0 aliphatic heterocycles. The van der Waals surface area contributed by atoms with Gasteiger partial charge in [0.2, 0.25) is 0 Å². The van der Waals surface area contributed by atoms with Gasteiger partial charge >= 0.3 is 0 Å². The zero-order chi connectivity index (χ0) is 9.40. The van der Waals surface area contributed by atoms with Crippen LogP contribution >= 0.6 is 0 Å². The Morgan fingerprint density at radius 1 is 1.42 bits per heavy atom. The molecule has 0 radical (unpaired) electrons. The third-order valence-electron chi connectivity index (χ3n) is 1.77. The third kappa shape index (κ3) is 4.49. The van der Waals surface area contributed by atoms with Crippen molar-refractivity contribution in [2.75, 3.05) is 27.8 Å². The Morgan fingerprint density at radius 3 is 2.33 bits per heavy atom. The van der Waals surface area contributed by atoms with Crippen LogP contribution < -0.4 is 5.32 Å². The molecule has 0 aromatic rings. The van der Waals surface area contributed by atoms with Gasteiger partial charge in [0.15, 0.2) is 6.29 Å². The van der Waals surface area contributed by atoms with Gasteiger partial charge < -0.3 is 14.8 Å². The van der Waals surface area contributed by atoms with E-state index in [1.807, 2.05) is 14.0 Å². The summed E-state index contributed by atoms with van der Waals surface area (Å²) in [5.41, 5.74) is 1.30. The fourth-order valence-electron chi connectivity index (χ4n) is 0.996. The minimum atomic E-state index is -0.121. The molecule has 72 valence electrons. The number of allylic oxidation sites excluding steroid dienone is 1. The summed E-state index contributed by atoms with van der Waals surface area (Å²) in [5, 5.41) is 3.09. The van der Waals surface area contributed by atoms with Crippen LogP contribution in [0.5, 0.6) is 0 Å². The fourth-order valence-corrected chi connectivity index (χ4v) is 0.996. The number of ether oxygens (including phenoxy) is 2. The zero-order valence-electron chi connectivity index (χ0n) is 8.39. The number of rotatable bonds is 6. The molecular formula is C9H19NO2. The molecule has 0 fully saturated rings. The van der Waals surface area contributed by atoms with Crippen LogP contribution in [0.1, 0.15) is 13.3 Å². The molecule has 0 saturated heterocycles. The van der Waals surface area contributed by atoms with Crippen molar-refractivity contribution in [1.29, 1.82) is 0 Å². The second kappa shape index (κ2) is 7.28. The van der Waals surface area contributed by atoms with Crippen LogP contribution in [0.3, 0.4) is 0 Å². The summed E-state index contributed by atoms with van der Waals surface area (Å²) in [5.74, 6) is 0. The number of likely N-dealkylation sites (N-methyl/N-ethyl adjacent to an activating group) is 1. The molecule has 12 heavy (non-hydrogen) atoms. The van der Waals surface area contributed by atoms with Crippen LogP contribution in [0, 0.1) is 0 Å². The quantitative estimate of drug-likeness (QED) is 0.483. The lowest BCUT2D eigenvalue weighted by Gasteiger charge is -2.15. The summed E-state index contributed by atoms with van der Waals surface area (Å²) < 4.78 is 10.2. The van der Waals surface area contributed by atoms with Crippen LogP contribution in [-0.4, -0.2) is 34.1 Å². The number of hydrogen-bond acceptors (Lipinski definition) is 3. The molecule has 0 spiro atoms. The monoisotopic (exact) mass is 173 g/mol. The largest absolute Gasteiger partial charge is 0.356 e. The Balaban J connectivity index is 3.83. The van der Waals surface area contributed by atoms with E-state index in [9.17, 15) is 0 Å². The van der Waals surface area contributed by atoms with E-state index in [1.165, 1.54) is 5.57 Å². The van der Waals surface area contributed by atoms with Crippen LogP contribution in [0.15, 0.2) is 11.6 Å². The van der Waals surface area contributed by atoms with E-state index in [4.69, 9.17) is 9.47 Å². The number of nitrogens with one attached hydrogen (secondary N) is 1. The van der Waals surface area contributed by atoms with Crippen LogP contribution in [-0.2, 0) is 9.47 Å². The number of methoxy groups -OCH3 is 2. The molecule has 0 amide bonds. The van der Waals surface area contributed by atoms with E-state index in [-0.39, 0.29) is 6.29 Å². The van der Waals surface area contributed by atoms with Gasteiger partial charge in [0, 0.05) is 27.2 Å². The second-order valence-corrected chi connectivity index (χ2v) is 2.58. The standard InChI is InChI=1S/C9H19NO2/c1-5-8(7-10-2)6-9(11-3)12-4/h5,9-10H,6-7H2,1-4H3/b8-5+. The highest BCUT2D eigenvalue weighted by molar-refractivity contribution is 5.02. The summed E-state index contributed by atoms with van der Waals surface area (Å²) in [4.78, 5) is 0. The zero-order valence-corrected chi connectivity index (χ0v) is 8.39. The Hall–Kier alpha value is -0.380. The van der Waals surface area contributed by atoms with Gasteiger partial charge in [-0.3, -0.25) is 0 Å². The first-order chi connectivity index (χ1) is 5.78. The Kier molecular flexibility index (Phi) is 7.05. The highest BCUT2D eigenvalue weighted by atomic mass is 16.7. The highest BCUT2D eigenvalue weighted by Gasteiger charge is 2.06. The number of hydrogen-bond donors (Lipinski definition) is 1. The third-order valence-corrected chi connectivity index (χ3v) is 1.77. The van der Waals surface area contributed by atoms with E-state index >= 15 is 0 Å². The molecule has 0 bridgehead atoms. The molecule has 0 atom stereocenters. The molecule has 0 saturated carbocycles. The van der Waals surface area contributed by atoms with Crippen molar-refractivity contribution in [1.82, 2.24) is 5.32 Å². The van der Waals surface area contributed by atoms with Crippen molar-refractivity contribution in [3.05, 3.63) is 11.6 Å². The maximum Gasteiger partial charge on any atom is 0.160 e. The Bertz CT molecular complexity index is 130. The van der Waals surface area contributed by atoms with Gasteiger partial charge in [0.05, 0.1) is 0 Å². The average molecular weight is 173 g/mol. The molecule has 0 unspecified atom stereocenters. The predicted octanol–water partition coefficient (Wildman–Crippen LogP) is 1.16. The summed E-state index contributed by atoms with van der Waals surface area (Å²) in [6.45, 7) is 2.91. The Morgan fingerprint density at radius 2 is 2.00 bits per heavy atom. The molecule has 0 aliphatic carbocycles. The predicted molar refractivity (Wildman–Crippen MR) is 50.1 cm³/mol. The van der Waals surface area contributed by atoms with Crippen molar-refractivity contribution >= 4 is 0 Å². The summed E-state index contributed by atoms with van der Waals surface area (Å²) >= 11 is 0. The minimum Gasteiger partial charge on any atom is -0.356 e. The normalized spacial score (nSPS) is 12.6. The lowest BCUT2D eigenvalue weighted by molar-refractivity contribution is -0.100. The first kappa shape index (κ1) is 11.6. The molecule has 0 aliphatic rings. The van der Waals surface area contributed by atoms with Crippen LogP contribution in [0.25, 0.3) is 0 Å². The van der Waals surface area contributed by atoms with Crippen molar-refractivity contribution in [2.45, 2.75) is 19.6 Å². The van der Waals surface area contributed by atoms with Gasteiger partial charge in [-0.2, -0.15) is 0 Å². The minimum absolute atomic E-state index is 0.121.